The molecule has 28 heavy (non-hydrogen) atoms. The molecule has 3 aromatic rings. The Morgan fingerprint density at radius 3 is 2.71 bits per heavy atom. The first-order chi connectivity index (χ1) is 13.6. The Kier molecular flexibility index (Phi) is 6.21. The van der Waals surface area contributed by atoms with E-state index in [9.17, 15) is 9.18 Å². The maximum atomic E-state index is 13.3. The van der Waals surface area contributed by atoms with Gasteiger partial charge in [0.05, 0.1) is 20.6 Å². The zero-order valence-electron chi connectivity index (χ0n) is 15.6. The number of methoxy groups -OCH3 is 2. The van der Waals surface area contributed by atoms with Gasteiger partial charge in [0, 0.05) is 12.1 Å². The molecule has 2 aromatic carbocycles. The number of amides is 1. The van der Waals surface area contributed by atoms with E-state index in [-0.39, 0.29) is 24.0 Å². The van der Waals surface area contributed by atoms with E-state index in [1.54, 1.807) is 26.4 Å². The van der Waals surface area contributed by atoms with Gasteiger partial charge in [0.15, 0.2) is 17.3 Å². The quantitative estimate of drug-likeness (QED) is 0.642. The Morgan fingerprint density at radius 1 is 1.14 bits per heavy atom. The molecule has 7 nitrogen and oxygen atoms in total. The van der Waals surface area contributed by atoms with E-state index in [0.717, 1.165) is 5.56 Å². The van der Waals surface area contributed by atoms with Crippen molar-refractivity contribution in [2.24, 2.45) is 0 Å². The minimum absolute atomic E-state index is 0.0231. The molecule has 0 saturated heterocycles. The van der Waals surface area contributed by atoms with Gasteiger partial charge in [-0.05, 0) is 42.3 Å². The number of aromatic nitrogens is 2. The van der Waals surface area contributed by atoms with Crippen LogP contribution in [0.1, 0.15) is 11.4 Å². The molecule has 0 fully saturated rings. The minimum Gasteiger partial charge on any atom is -0.493 e. The summed E-state index contributed by atoms with van der Waals surface area (Å²) in [6, 6.07) is 11.4. The molecule has 0 aliphatic carbocycles. The van der Waals surface area contributed by atoms with E-state index in [0.29, 0.717) is 30.0 Å². The van der Waals surface area contributed by atoms with Crippen LogP contribution in [0, 0.1) is 5.82 Å². The third-order valence-corrected chi connectivity index (χ3v) is 4.04. The lowest BCUT2D eigenvalue weighted by atomic mass is 10.1. The molecule has 0 aliphatic rings. The Hall–Kier alpha value is -3.42. The lowest BCUT2D eigenvalue weighted by Crippen LogP contribution is -2.27. The van der Waals surface area contributed by atoms with Gasteiger partial charge in [-0.1, -0.05) is 17.3 Å². The molecule has 146 valence electrons. The van der Waals surface area contributed by atoms with Crippen molar-refractivity contribution in [3.8, 4) is 23.0 Å². The van der Waals surface area contributed by atoms with Gasteiger partial charge in [-0.25, -0.2) is 4.39 Å². The van der Waals surface area contributed by atoms with Gasteiger partial charge in [-0.3, -0.25) is 4.79 Å². The third kappa shape index (κ3) is 4.85. The number of carbonyl (C=O) groups is 1. The number of hydrogen-bond acceptors (Lipinski definition) is 6. The van der Waals surface area contributed by atoms with Gasteiger partial charge >= 0.3 is 0 Å². The predicted octanol–water partition coefficient (Wildman–Crippen LogP) is 2.79. The second-order valence-electron chi connectivity index (χ2n) is 5.99. The van der Waals surface area contributed by atoms with Crippen molar-refractivity contribution in [2.45, 2.75) is 12.8 Å². The van der Waals surface area contributed by atoms with Crippen LogP contribution in [-0.2, 0) is 17.6 Å². The molecular weight excluding hydrogens is 365 g/mol. The van der Waals surface area contributed by atoms with Gasteiger partial charge in [-0.15, -0.1) is 0 Å². The number of halogens is 1. The van der Waals surface area contributed by atoms with Gasteiger partial charge < -0.3 is 19.3 Å². The smallest absolute Gasteiger partial charge is 0.258 e. The molecule has 1 N–H and O–H groups in total. The monoisotopic (exact) mass is 385 g/mol. The molecular formula is C20H20FN3O4. The van der Waals surface area contributed by atoms with Crippen molar-refractivity contribution in [3.63, 3.8) is 0 Å². The molecule has 0 spiro atoms. The van der Waals surface area contributed by atoms with Gasteiger partial charge in [0.25, 0.3) is 5.89 Å². The van der Waals surface area contributed by atoms with Gasteiger partial charge in [0.2, 0.25) is 5.91 Å². The zero-order valence-corrected chi connectivity index (χ0v) is 15.6. The summed E-state index contributed by atoms with van der Waals surface area (Å²) < 4.78 is 28.8. The highest BCUT2D eigenvalue weighted by atomic mass is 19.1. The summed E-state index contributed by atoms with van der Waals surface area (Å²) in [6.45, 7) is 0.447. The first-order valence-corrected chi connectivity index (χ1v) is 8.65. The summed E-state index contributed by atoms with van der Waals surface area (Å²) in [5.74, 6) is 1.08. The lowest BCUT2D eigenvalue weighted by molar-refractivity contribution is -0.120. The zero-order chi connectivity index (χ0) is 19.9. The molecule has 3 rings (SSSR count). The summed E-state index contributed by atoms with van der Waals surface area (Å²) in [5, 5.41) is 6.58. The Balaban J connectivity index is 1.51. The van der Waals surface area contributed by atoms with Crippen LogP contribution in [-0.4, -0.2) is 36.8 Å². The van der Waals surface area contributed by atoms with Crippen LogP contribution >= 0.6 is 0 Å². The molecule has 0 saturated carbocycles. The average molecular weight is 385 g/mol. The molecule has 0 radical (unpaired) electrons. The highest BCUT2D eigenvalue weighted by Crippen LogP contribution is 2.27. The van der Waals surface area contributed by atoms with Crippen LogP contribution < -0.4 is 14.8 Å². The third-order valence-electron chi connectivity index (χ3n) is 4.04. The van der Waals surface area contributed by atoms with Gasteiger partial charge in [-0.2, -0.15) is 4.98 Å². The Morgan fingerprint density at radius 2 is 1.96 bits per heavy atom. The maximum Gasteiger partial charge on any atom is 0.258 e. The predicted molar refractivity (Wildman–Crippen MR) is 99.7 cm³/mol. The highest BCUT2D eigenvalue weighted by molar-refractivity contribution is 5.77. The van der Waals surface area contributed by atoms with Crippen molar-refractivity contribution < 1.29 is 23.2 Å². The van der Waals surface area contributed by atoms with Crippen molar-refractivity contribution in [3.05, 3.63) is 59.7 Å². The number of nitrogens with one attached hydrogen (secondary N) is 1. The molecule has 0 aliphatic heterocycles. The van der Waals surface area contributed by atoms with Crippen molar-refractivity contribution in [1.82, 2.24) is 15.5 Å². The SMILES string of the molecule is COc1ccc(CCNC(=O)Cc2noc(-c3cccc(F)c3)n2)cc1OC. The van der Waals surface area contributed by atoms with Crippen molar-refractivity contribution in [1.29, 1.82) is 0 Å². The summed E-state index contributed by atoms with van der Waals surface area (Å²) in [5.41, 5.74) is 1.47. The Bertz CT molecular complexity index is 958. The Labute approximate surface area is 161 Å². The fourth-order valence-corrected chi connectivity index (χ4v) is 2.65. The van der Waals surface area contributed by atoms with E-state index < -0.39 is 5.82 Å². The molecule has 8 heteroatoms. The second kappa shape index (κ2) is 8.98. The second-order valence-corrected chi connectivity index (χ2v) is 5.99. The van der Waals surface area contributed by atoms with E-state index in [1.165, 1.54) is 12.1 Å². The standard InChI is InChI=1S/C20H20FN3O4/c1-26-16-7-6-13(10-17(16)27-2)8-9-22-19(25)12-18-23-20(28-24-18)14-4-3-5-15(21)11-14/h3-7,10-11H,8-9,12H2,1-2H3,(H,22,25). The molecule has 0 atom stereocenters. The summed E-state index contributed by atoms with van der Waals surface area (Å²) >= 11 is 0. The normalized spacial score (nSPS) is 10.5. The highest BCUT2D eigenvalue weighted by Gasteiger charge is 2.13. The van der Waals surface area contributed by atoms with Crippen molar-refractivity contribution >= 4 is 5.91 Å². The van der Waals surface area contributed by atoms with Crippen LogP contribution in [0.3, 0.4) is 0 Å². The first kappa shape index (κ1) is 19.3. The maximum absolute atomic E-state index is 13.3. The lowest BCUT2D eigenvalue weighted by Gasteiger charge is -2.10. The summed E-state index contributed by atoms with van der Waals surface area (Å²) in [6.07, 6.45) is 0.609. The van der Waals surface area contributed by atoms with Gasteiger partial charge in [0.1, 0.15) is 5.82 Å². The topological polar surface area (TPSA) is 86.5 Å². The van der Waals surface area contributed by atoms with E-state index in [2.05, 4.69) is 15.5 Å². The van der Waals surface area contributed by atoms with Crippen LogP contribution in [0.5, 0.6) is 11.5 Å². The van der Waals surface area contributed by atoms with Crippen molar-refractivity contribution in [2.75, 3.05) is 20.8 Å². The molecule has 1 aromatic heterocycles. The number of ether oxygens (including phenoxy) is 2. The molecule has 1 amide bonds. The summed E-state index contributed by atoms with van der Waals surface area (Å²) in [4.78, 5) is 16.2. The summed E-state index contributed by atoms with van der Waals surface area (Å²) in [7, 11) is 3.15. The fourth-order valence-electron chi connectivity index (χ4n) is 2.65. The molecule has 0 unspecified atom stereocenters. The number of rotatable bonds is 8. The number of nitrogens with zero attached hydrogens (tertiary/aromatic N) is 2. The number of carbonyl (C=O) groups excluding carboxylic acids is 1. The largest absolute Gasteiger partial charge is 0.493 e. The van der Waals surface area contributed by atoms with E-state index in [4.69, 9.17) is 14.0 Å². The number of benzene rings is 2. The molecule has 0 bridgehead atoms. The molecule has 1 heterocycles. The van der Waals surface area contributed by atoms with Crippen LogP contribution in [0.25, 0.3) is 11.5 Å². The first-order valence-electron chi connectivity index (χ1n) is 8.65. The fraction of sp³-hybridized carbons (Fsp3) is 0.250. The minimum atomic E-state index is -0.398. The number of hydrogen-bond donors (Lipinski definition) is 1. The van der Waals surface area contributed by atoms with E-state index >= 15 is 0 Å². The van der Waals surface area contributed by atoms with Crippen LogP contribution in [0.4, 0.5) is 4.39 Å². The van der Waals surface area contributed by atoms with E-state index in [1.807, 2.05) is 18.2 Å². The van der Waals surface area contributed by atoms with Crippen LogP contribution in [0.15, 0.2) is 47.0 Å². The van der Waals surface area contributed by atoms with Crippen LogP contribution in [0.2, 0.25) is 0 Å². The average Bonchev–Trinajstić information content (AvgIpc) is 3.16.